The number of terminal acetylenes is 1. The predicted molar refractivity (Wildman–Crippen MR) is 61.2 cm³/mol. The number of nitrogens with two attached hydrogens (primary N) is 1. The van der Waals surface area contributed by atoms with Crippen molar-refractivity contribution in [1.29, 1.82) is 0 Å². The summed E-state index contributed by atoms with van der Waals surface area (Å²) < 4.78 is 25.7. The summed E-state index contributed by atoms with van der Waals surface area (Å²) in [6.07, 6.45) is 6.20. The number of hydrogen-bond donors (Lipinski definition) is 2. The molecule has 1 aromatic rings. The lowest BCUT2D eigenvalue weighted by atomic mass is 10.1. The van der Waals surface area contributed by atoms with Gasteiger partial charge in [0.2, 0.25) is 0 Å². The van der Waals surface area contributed by atoms with E-state index in [-0.39, 0.29) is 11.3 Å². The van der Waals surface area contributed by atoms with Gasteiger partial charge in [-0.3, -0.25) is 4.79 Å². The summed E-state index contributed by atoms with van der Waals surface area (Å²) in [7, 11) is 0. The molecule has 90 valence electrons. The summed E-state index contributed by atoms with van der Waals surface area (Å²) in [5, 5.41) is 2.52. The fourth-order valence-electron chi connectivity index (χ4n) is 1.25. The van der Waals surface area contributed by atoms with Gasteiger partial charge in [0.05, 0.1) is 5.56 Å². The second kappa shape index (κ2) is 5.85. The highest BCUT2D eigenvalue weighted by atomic mass is 19.2. The number of carbonyl (C=O) groups is 1. The van der Waals surface area contributed by atoms with Gasteiger partial charge in [-0.1, -0.05) is 0 Å². The SMILES string of the molecule is C#CCCCNC(=O)c1cc(F)c(F)cc1N. The first kappa shape index (κ1) is 13.0. The molecule has 3 nitrogen and oxygen atoms in total. The Labute approximate surface area is 98.0 Å². The molecule has 0 saturated heterocycles. The standard InChI is InChI=1S/C12H12F2N2O/c1-2-3-4-5-16-12(17)8-6-9(13)10(14)7-11(8)15/h1,6-7H,3-5,15H2,(H,16,17). The normalized spacial score (nSPS) is 9.71. The summed E-state index contributed by atoms with van der Waals surface area (Å²) >= 11 is 0. The fraction of sp³-hybridized carbons (Fsp3) is 0.250. The van der Waals surface area contributed by atoms with Crippen LogP contribution in [0.5, 0.6) is 0 Å². The van der Waals surface area contributed by atoms with Crippen molar-refractivity contribution in [3.05, 3.63) is 29.3 Å². The highest BCUT2D eigenvalue weighted by molar-refractivity contribution is 5.99. The van der Waals surface area contributed by atoms with Crippen LogP contribution in [0.3, 0.4) is 0 Å². The van der Waals surface area contributed by atoms with Crippen LogP contribution in [0.15, 0.2) is 12.1 Å². The molecule has 0 radical (unpaired) electrons. The van der Waals surface area contributed by atoms with Crippen molar-refractivity contribution in [2.75, 3.05) is 12.3 Å². The number of benzene rings is 1. The van der Waals surface area contributed by atoms with Crippen LogP contribution in [0, 0.1) is 24.0 Å². The molecule has 5 heteroatoms. The van der Waals surface area contributed by atoms with E-state index in [1.165, 1.54) is 0 Å². The molecule has 0 unspecified atom stereocenters. The summed E-state index contributed by atoms with van der Waals surface area (Å²) in [5.41, 5.74) is 5.24. The zero-order chi connectivity index (χ0) is 12.8. The topological polar surface area (TPSA) is 55.1 Å². The molecule has 0 aliphatic carbocycles. The van der Waals surface area contributed by atoms with Crippen LogP contribution in [0.4, 0.5) is 14.5 Å². The van der Waals surface area contributed by atoms with E-state index >= 15 is 0 Å². The van der Waals surface area contributed by atoms with Gasteiger partial charge in [-0.2, -0.15) is 0 Å². The van der Waals surface area contributed by atoms with Gasteiger partial charge in [0.15, 0.2) is 11.6 Å². The third-order valence-corrected chi connectivity index (χ3v) is 2.12. The maximum Gasteiger partial charge on any atom is 0.253 e. The molecule has 3 N–H and O–H groups in total. The van der Waals surface area contributed by atoms with Crippen LogP contribution in [0.25, 0.3) is 0 Å². The molecule has 0 aliphatic rings. The lowest BCUT2D eigenvalue weighted by Gasteiger charge is -2.07. The van der Waals surface area contributed by atoms with Crippen molar-refractivity contribution < 1.29 is 13.6 Å². The minimum absolute atomic E-state index is 0.0791. The van der Waals surface area contributed by atoms with Gasteiger partial charge in [0.25, 0.3) is 5.91 Å². The van der Waals surface area contributed by atoms with Gasteiger partial charge in [-0.15, -0.1) is 12.3 Å². The molecule has 0 heterocycles. The third-order valence-electron chi connectivity index (χ3n) is 2.12. The van der Waals surface area contributed by atoms with E-state index in [2.05, 4.69) is 11.2 Å². The van der Waals surface area contributed by atoms with E-state index in [0.717, 1.165) is 12.1 Å². The van der Waals surface area contributed by atoms with Crippen LogP contribution < -0.4 is 11.1 Å². The number of halogens is 2. The number of amides is 1. The number of hydrogen-bond acceptors (Lipinski definition) is 2. The lowest BCUT2D eigenvalue weighted by molar-refractivity contribution is 0.0953. The molecule has 0 aromatic heterocycles. The van der Waals surface area contributed by atoms with E-state index in [0.29, 0.717) is 19.4 Å². The summed E-state index contributed by atoms with van der Waals surface area (Å²) in [6, 6.07) is 1.56. The molecule has 0 fully saturated rings. The second-order valence-corrected chi connectivity index (χ2v) is 3.42. The zero-order valence-electron chi connectivity index (χ0n) is 9.09. The van der Waals surface area contributed by atoms with Gasteiger partial charge in [-0.25, -0.2) is 8.78 Å². The molecular formula is C12H12F2N2O. The lowest BCUT2D eigenvalue weighted by Crippen LogP contribution is -2.25. The summed E-state index contributed by atoms with van der Waals surface area (Å²) in [5.74, 6) is -0.301. The Morgan fingerprint density at radius 3 is 2.71 bits per heavy atom. The van der Waals surface area contributed by atoms with E-state index in [1.54, 1.807) is 0 Å². The first-order valence-corrected chi connectivity index (χ1v) is 5.02. The van der Waals surface area contributed by atoms with Crippen molar-refractivity contribution >= 4 is 11.6 Å². The van der Waals surface area contributed by atoms with E-state index in [9.17, 15) is 13.6 Å². The number of carbonyl (C=O) groups excluding carboxylic acids is 1. The molecule has 0 spiro atoms. The maximum atomic E-state index is 12.9. The van der Waals surface area contributed by atoms with Crippen LogP contribution >= 0.6 is 0 Å². The molecule has 1 rings (SSSR count). The van der Waals surface area contributed by atoms with Crippen molar-refractivity contribution in [1.82, 2.24) is 5.32 Å². The average molecular weight is 238 g/mol. The molecule has 0 atom stereocenters. The number of nitrogens with one attached hydrogen (secondary N) is 1. The smallest absolute Gasteiger partial charge is 0.253 e. The number of nitrogen functional groups attached to an aromatic ring is 1. The van der Waals surface area contributed by atoms with Crippen LogP contribution in [0.2, 0.25) is 0 Å². The maximum absolute atomic E-state index is 12.9. The van der Waals surface area contributed by atoms with E-state index < -0.39 is 17.5 Å². The van der Waals surface area contributed by atoms with Gasteiger partial charge < -0.3 is 11.1 Å². The summed E-state index contributed by atoms with van der Waals surface area (Å²) in [4.78, 5) is 11.6. The Hall–Kier alpha value is -2.09. The third kappa shape index (κ3) is 3.45. The zero-order valence-corrected chi connectivity index (χ0v) is 9.09. The molecule has 0 bridgehead atoms. The molecule has 17 heavy (non-hydrogen) atoms. The second-order valence-electron chi connectivity index (χ2n) is 3.42. The first-order chi connectivity index (χ1) is 8.06. The summed E-state index contributed by atoms with van der Waals surface area (Å²) in [6.45, 7) is 0.363. The van der Waals surface area contributed by atoms with Gasteiger partial charge in [0.1, 0.15) is 0 Å². The largest absolute Gasteiger partial charge is 0.398 e. The Morgan fingerprint density at radius 2 is 2.06 bits per heavy atom. The molecule has 1 amide bonds. The van der Waals surface area contributed by atoms with Crippen molar-refractivity contribution in [3.8, 4) is 12.3 Å². The van der Waals surface area contributed by atoms with Gasteiger partial charge in [0, 0.05) is 24.7 Å². The van der Waals surface area contributed by atoms with Crippen LogP contribution in [-0.2, 0) is 0 Å². The number of anilines is 1. The molecule has 1 aromatic carbocycles. The Kier molecular flexibility index (Phi) is 4.46. The first-order valence-electron chi connectivity index (χ1n) is 5.02. The van der Waals surface area contributed by atoms with Gasteiger partial charge >= 0.3 is 0 Å². The number of unbranched alkanes of at least 4 members (excludes halogenated alkanes) is 1. The fourth-order valence-corrected chi connectivity index (χ4v) is 1.25. The Balaban J connectivity index is 2.70. The van der Waals surface area contributed by atoms with Crippen LogP contribution in [0.1, 0.15) is 23.2 Å². The highest BCUT2D eigenvalue weighted by Crippen LogP contribution is 2.16. The van der Waals surface area contributed by atoms with E-state index in [4.69, 9.17) is 12.2 Å². The molecular weight excluding hydrogens is 226 g/mol. The highest BCUT2D eigenvalue weighted by Gasteiger charge is 2.13. The predicted octanol–water partition coefficient (Wildman–Crippen LogP) is 1.69. The number of rotatable bonds is 4. The molecule has 0 aliphatic heterocycles. The monoisotopic (exact) mass is 238 g/mol. The van der Waals surface area contributed by atoms with Gasteiger partial charge in [-0.05, 0) is 12.5 Å². The minimum atomic E-state index is -1.10. The van der Waals surface area contributed by atoms with Crippen LogP contribution in [-0.4, -0.2) is 12.5 Å². The van der Waals surface area contributed by atoms with E-state index in [1.807, 2.05) is 0 Å². The minimum Gasteiger partial charge on any atom is -0.398 e. The quantitative estimate of drug-likeness (QED) is 0.476. The van der Waals surface area contributed by atoms with Crippen molar-refractivity contribution in [3.63, 3.8) is 0 Å². The van der Waals surface area contributed by atoms with Crippen molar-refractivity contribution in [2.45, 2.75) is 12.8 Å². The Bertz CT molecular complexity index is 466. The Morgan fingerprint density at radius 1 is 1.41 bits per heavy atom. The van der Waals surface area contributed by atoms with Crippen molar-refractivity contribution in [2.24, 2.45) is 0 Å². The average Bonchev–Trinajstić information content (AvgIpc) is 2.29. The molecule has 0 saturated carbocycles.